The van der Waals surface area contributed by atoms with Crippen molar-refractivity contribution in [2.24, 2.45) is 51.2 Å². The zero-order valence-electron chi connectivity index (χ0n) is 44.4. The molecule has 10 atom stereocenters. The van der Waals surface area contributed by atoms with Crippen molar-refractivity contribution in [3.8, 4) is 0 Å². The van der Waals surface area contributed by atoms with Crippen molar-refractivity contribution >= 4 is 65.1 Å². The van der Waals surface area contributed by atoms with E-state index in [-0.39, 0.29) is 63.5 Å². The molecule has 0 aromatic heterocycles. The van der Waals surface area contributed by atoms with Gasteiger partial charge in [0.15, 0.2) is 5.96 Å². The minimum absolute atomic E-state index is 0.0160. The number of rotatable bonds is 38. The van der Waals surface area contributed by atoms with Gasteiger partial charge in [-0.25, -0.2) is 4.79 Å². The van der Waals surface area contributed by atoms with E-state index >= 15 is 0 Å². The van der Waals surface area contributed by atoms with Gasteiger partial charge in [-0.15, -0.1) is 0 Å². The number of carboxylic acids is 1. The number of carbonyl (C=O) groups excluding carboxylic acids is 9. The number of nitrogens with two attached hydrogens (primary N) is 6. The van der Waals surface area contributed by atoms with Gasteiger partial charge in [-0.1, -0.05) is 70.9 Å². The normalized spacial score (nSPS) is 15.0. The number of aliphatic hydroxyl groups is 1. The van der Waals surface area contributed by atoms with Crippen LogP contribution < -0.4 is 76.9 Å². The second kappa shape index (κ2) is 36.1. The van der Waals surface area contributed by atoms with E-state index in [9.17, 15) is 58.2 Å². The number of unbranched alkanes of at least 4 members (excludes halogenated alkanes) is 2. The lowest BCUT2D eigenvalue weighted by atomic mass is 9.96. The van der Waals surface area contributed by atoms with Crippen molar-refractivity contribution in [2.75, 3.05) is 26.2 Å². The Balaban J connectivity index is 3.38. The first kappa shape index (κ1) is 67.0. The van der Waals surface area contributed by atoms with Gasteiger partial charge in [0, 0.05) is 13.0 Å². The largest absolute Gasteiger partial charge is 0.480 e. The molecule has 0 saturated heterocycles. The molecule has 0 heterocycles. The number of benzene rings is 1. The van der Waals surface area contributed by atoms with Crippen molar-refractivity contribution in [3.63, 3.8) is 0 Å². The summed E-state index contributed by atoms with van der Waals surface area (Å²) in [6, 6.07) is -2.20. The molecule has 0 saturated carbocycles. The molecule has 0 radical (unpaired) electrons. The van der Waals surface area contributed by atoms with E-state index in [4.69, 9.17) is 34.4 Å². The molecule has 0 fully saturated rings. The fraction of sp³-hybridized carbons (Fsp3) is 0.653. The number of aliphatic carboxylic acids is 1. The first-order valence-corrected chi connectivity index (χ1v) is 25.7. The summed E-state index contributed by atoms with van der Waals surface area (Å²) >= 11 is 0. The number of nitrogens with zero attached hydrogens (tertiary/aromatic N) is 1. The van der Waals surface area contributed by atoms with Crippen LogP contribution in [0.5, 0.6) is 0 Å². The van der Waals surface area contributed by atoms with Crippen LogP contribution >= 0.6 is 0 Å². The van der Waals surface area contributed by atoms with Crippen LogP contribution in [0.1, 0.15) is 111 Å². The summed E-state index contributed by atoms with van der Waals surface area (Å²) in [5.41, 5.74) is 33.8. The number of aliphatic imine (C=N–C) groups is 1. The topological polar surface area (TPSA) is 476 Å². The van der Waals surface area contributed by atoms with E-state index in [1.54, 1.807) is 58.0 Å². The second-order valence-corrected chi connectivity index (χ2v) is 19.1. The first-order chi connectivity index (χ1) is 35.8. The Hall–Kier alpha value is -6.97. The molecule has 1 aromatic rings. The van der Waals surface area contributed by atoms with Gasteiger partial charge >= 0.3 is 5.97 Å². The van der Waals surface area contributed by atoms with E-state index in [1.165, 1.54) is 6.92 Å². The summed E-state index contributed by atoms with van der Waals surface area (Å²) in [5.74, 6) is -10.1. The van der Waals surface area contributed by atoms with Crippen molar-refractivity contribution < 1.29 is 58.2 Å². The zero-order chi connectivity index (χ0) is 57.5. The van der Waals surface area contributed by atoms with Gasteiger partial charge in [0.2, 0.25) is 53.2 Å². The highest BCUT2D eigenvalue weighted by Gasteiger charge is 2.36. The Morgan fingerprint density at radius 1 is 0.592 bits per heavy atom. The van der Waals surface area contributed by atoms with E-state index in [0.29, 0.717) is 44.2 Å². The molecule has 27 nitrogen and oxygen atoms in total. The Labute approximate surface area is 444 Å². The van der Waals surface area contributed by atoms with Crippen LogP contribution in [0, 0.1) is 11.8 Å². The number of carboxylic acid groups (broad SMARTS) is 1. The summed E-state index contributed by atoms with van der Waals surface area (Å²) < 4.78 is 0. The highest BCUT2D eigenvalue weighted by Crippen LogP contribution is 2.14. The van der Waals surface area contributed by atoms with E-state index in [1.807, 2.05) is 0 Å². The lowest BCUT2D eigenvalue weighted by Crippen LogP contribution is -2.60. The summed E-state index contributed by atoms with van der Waals surface area (Å²) in [6.45, 7) is 8.25. The zero-order valence-corrected chi connectivity index (χ0v) is 44.4. The van der Waals surface area contributed by atoms with Crippen LogP contribution in [0.2, 0.25) is 0 Å². The summed E-state index contributed by atoms with van der Waals surface area (Å²) in [5, 5.41) is 40.3. The molecule has 0 aliphatic rings. The van der Waals surface area contributed by atoms with Crippen LogP contribution in [0.4, 0.5) is 0 Å². The molecule has 22 N–H and O–H groups in total. The molecule has 9 amide bonds. The molecular weight excluding hydrogens is 991 g/mol. The Bertz CT molecular complexity index is 2080. The monoisotopic (exact) mass is 1080 g/mol. The Morgan fingerprint density at radius 2 is 1.12 bits per heavy atom. The predicted octanol–water partition coefficient (Wildman–Crippen LogP) is -4.19. The van der Waals surface area contributed by atoms with Gasteiger partial charge in [0.05, 0.1) is 25.1 Å². The summed E-state index contributed by atoms with van der Waals surface area (Å²) in [6.07, 6.45) is 0.509. The minimum Gasteiger partial charge on any atom is -0.480 e. The number of amides is 9. The molecule has 0 aliphatic carbocycles. The molecule has 27 heteroatoms. The van der Waals surface area contributed by atoms with E-state index < -0.39 is 132 Å². The Kier molecular flexibility index (Phi) is 31.8. The lowest BCUT2D eigenvalue weighted by molar-refractivity contribution is -0.143. The number of guanidine groups is 1. The average molecular weight is 1080 g/mol. The smallest absolute Gasteiger partial charge is 0.326 e. The number of hydrogen-bond donors (Lipinski definition) is 16. The molecular formula is C49H85N15O12. The van der Waals surface area contributed by atoms with Crippen LogP contribution in [-0.2, 0) is 54.4 Å². The van der Waals surface area contributed by atoms with Gasteiger partial charge in [-0.3, -0.25) is 48.1 Å². The number of aliphatic hydroxyl groups excluding tert-OH is 1. The van der Waals surface area contributed by atoms with Gasteiger partial charge in [-0.05, 0) is 88.8 Å². The highest BCUT2D eigenvalue weighted by atomic mass is 16.4. The minimum atomic E-state index is -1.68. The van der Waals surface area contributed by atoms with E-state index in [2.05, 4.69) is 47.5 Å². The molecule has 76 heavy (non-hydrogen) atoms. The number of hydrogen-bond acceptors (Lipinski definition) is 15. The SMILES string of the molecule is CC[C@H](C)[C@H](NC(=O)[C@H](CC(C)C)NC(=O)[C@H](Cc1ccccc1)NC(=O)[C@H](CCCCN)NC(=O)CNC(=O)[C@H](CC(N)=O)NC(=O)[C@@H](NC(=O)[C@@H](N)CCCCN)[C@@H](C)O)C(=O)N[C@@H](CCCN=C(N)N)C(=O)O. The molecule has 0 aliphatic heterocycles. The highest BCUT2D eigenvalue weighted by molar-refractivity contribution is 5.98. The van der Waals surface area contributed by atoms with Crippen LogP contribution in [-0.4, -0.2) is 156 Å². The molecule has 0 bridgehead atoms. The van der Waals surface area contributed by atoms with Crippen molar-refractivity contribution in [3.05, 3.63) is 35.9 Å². The summed E-state index contributed by atoms with van der Waals surface area (Å²) in [4.78, 5) is 137. The average Bonchev–Trinajstić information content (AvgIpc) is 3.35. The van der Waals surface area contributed by atoms with Crippen LogP contribution in [0.25, 0.3) is 0 Å². The van der Waals surface area contributed by atoms with Crippen molar-refractivity contribution in [1.82, 2.24) is 42.5 Å². The van der Waals surface area contributed by atoms with Gasteiger partial charge in [-0.2, -0.15) is 0 Å². The molecule has 1 rings (SSSR count). The van der Waals surface area contributed by atoms with Crippen LogP contribution in [0.15, 0.2) is 35.3 Å². The number of nitrogens with one attached hydrogen (secondary N) is 8. The molecule has 428 valence electrons. The third-order valence-electron chi connectivity index (χ3n) is 12.0. The van der Waals surface area contributed by atoms with Gasteiger partial charge in [0.25, 0.3) is 0 Å². The predicted molar refractivity (Wildman–Crippen MR) is 282 cm³/mol. The maximum absolute atomic E-state index is 14.4. The third-order valence-corrected chi connectivity index (χ3v) is 12.0. The van der Waals surface area contributed by atoms with Gasteiger partial charge in [0.1, 0.15) is 42.3 Å². The third kappa shape index (κ3) is 26.5. The quantitative estimate of drug-likeness (QED) is 0.0170. The van der Waals surface area contributed by atoms with E-state index in [0.717, 1.165) is 0 Å². The fourth-order valence-electron chi connectivity index (χ4n) is 7.56. The standard InChI is InChI=1S/C49H85N15O12/c1-6-28(4)39(46(73)59-33(48(75)76)19-14-22-56-49(54)55)63-45(72)34(23-27(2)3)60-44(71)35(24-30-15-8-7-9-16-30)61-43(70)32(18-11-13-21-51)58-38(67)26-57-42(69)36(25-37(53)66)62-47(74)40(29(5)65)64-41(68)31(52)17-10-12-20-50/h7-9,15-16,27-29,31-36,39-40,65H,6,10-14,17-26,50-52H2,1-5H3,(H2,53,66)(H,57,69)(H,58,67)(H,59,73)(H,60,71)(H,61,70)(H,62,74)(H,63,72)(H,64,68)(H,75,76)(H4,54,55,56)/t28-,29+,31-,32-,33-,34-,35-,36-,39-,40-/m0/s1. The number of primary amides is 1. The Morgan fingerprint density at radius 3 is 1.67 bits per heavy atom. The maximum atomic E-state index is 14.4. The van der Waals surface area contributed by atoms with Crippen LogP contribution in [0.3, 0.4) is 0 Å². The fourth-order valence-corrected chi connectivity index (χ4v) is 7.56. The molecule has 0 unspecified atom stereocenters. The molecule has 1 aromatic carbocycles. The second-order valence-electron chi connectivity index (χ2n) is 19.1. The lowest BCUT2D eigenvalue weighted by Gasteiger charge is -2.29. The van der Waals surface area contributed by atoms with Crippen molar-refractivity contribution in [2.45, 2.75) is 166 Å². The number of carbonyl (C=O) groups is 10. The molecule has 0 spiro atoms. The first-order valence-electron chi connectivity index (χ1n) is 25.7. The summed E-state index contributed by atoms with van der Waals surface area (Å²) in [7, 11) is 0. The maximum Gasteiger partial charge on any atom is 0.326 e. The van der Waals surface area contributed by atoms with Crippen molar-refractivity contribution in [1.29, 1.82) is 0 Å². The van der Waals surface area contributed by atoms with Gasteiger partial charge < -0.3 is 87.1 Å².